The van der Waals surface area contributed by atoms with Gasteiger partial charge in [0, 0.05) is 17.8 Å². The molecule has 0 aliphatic heterocycles. The lowest BCUT2D eigenvalue weighted by atomic mass is 10.3. The lowest BCUT2D eigenvalue weighted by molar-refractivity contribution is 0.0958. The molecule has 0 fully saturated rings. The molecule has 5 heteroatoms. The van der Waals surface area contributed by atoms with Gasteiger partial charge in [-0.2, -0.15) is 0 Å². The average Bonchev–Trinajstić information content (AvgIpc) is 2.59. The summed E-state index contributed by atoms with van der Waals surface area (Å²) in [6, 6.07) is 1.80. The number of carbonyl (C=O) groups excluding carboxylic acids is 1. The maximum Gasteiger partial charge on any atom is 0.252 e. The Bertz CT molecular complexity index is 337. The Morgan fingerprint density at radius 1 is 1.64 bits per heavy atom. The summed E-state index contributed by atoms with van der Waals surface area (Å²) in [4.78, 5) is 11.4. The van der Waals surface area contributed by atoms with Crippen molar-refractivity contribution in [2.75, 3.05) is 12.4 Å². The largest absolute Gasteiger partial charge is 0.349 e. The number of amides is 1. The highest BCUT2D eigenvalue weighted by molar-refractivity contribution is 9.11. The molecule has 0 aliphatic carbocycles. The van der Waals surface area contributed by atoms with E-state index < -0.39 is 0 Å². The van der Waals surface area contributed by atoms with E-state index in [-0.39, 0.29) is 5.91 Å². The van der Waals surface area contributed by atoms with Crippen LogP contribution in [0.1, 0.15) is 10.4 Å². The summed E-state index contributed by atoms with van der Waals surface area (Å²) in [5, 5.41) is 4.56. The summed E-state index contributed by atoms with van der Waals surface area (Å²) in [5.74, 6) is 0.408. The van der Waals surface area contributed by atoms with E-state index in [9.17, 15) is 4.79 Å². The minimum atomic E-state index is -0.0637. The lowest BCUT2D eigenvalue weighted by Crippen LogP contribution is -2.22. The van der Waals surface area contributed by atoms with Gasteiger partial charge in [-0.15, -0.1) is 22.9 Å². The molecule has 0 saturated carbocycles. The van der Waals surface area contributed by atoms with Crippen LogP contribution < -0.4 is 5.32 Å². The van der Waals surface area contributed by atoms with E-state index in [1.54, 1.807) is 12.1 Å². The van der Waals surface area contributed by atoms with Gasteiger partial charge in [0.1, 0.15) is 0 Å². The van der Waals surface area contributed by atoms with Crippen molar-refractivity contribution in [3.05, 3.63) is 32.9 Å². The van der Waals surface area contributed by atoms with Crippen molar-refractivity contribution in [2.24, 2.45) is 0 Å². The highest BCUT2D eigenvalue weighted by Gasteiger charge is 2.05. The van der Waals surface area contributed by atoms with Gasteiger partial charge in [-0.05, 0) is 22.0 Å². The average molecular weight is 295 g/mol. The van der Waals surface area contributed by atoms with Crippen LogP contribution in [0.4, 0.5) is 0 Å². The maximum absolute atomic E-state index is 11.4. The van der Waals surface area contributed by atoms with E-state index in [1.165, 1.54) is 11.3 Å². The predicted octanol–water partition coefficient (Wildman–Crippen LogP) is 3.04. The zero-order chi connectivity index (χ0) is 10.4. The first-order valence-corrected chi connectivity index (χ1v) is 6.18. The first kappa shape index (κ1) is 11.8. The van der Waals surface area contributed by atoms with Gasteiger partial charge >= 0.3 is 0 Å². The highest BCUT2D eigenvalue weighted by atomic mass is 79.9. The third-order valence-corrected chi connectivity index (χ3v) is 3.15. The first-order chi connectivity index (χ1) is 6.74. The second kappa shape index (κ2) is 6.22. The van der Waals surface area contributed by atoms with Gasteiger partial charge < -0.3 is 5.32 Å². The number of carbonyl (C=O) groups is 1. The summed E-state index contributed by atoms with van der Waals surface area (Å²) in [6.07, 6.45) is 3.62. The number of nitrogens with one attached hydrogen (secondary N) is 1. The SMILES string of the molecule is O=C(NC/C=C/CCl)c1csc(Br)c1. The monoisotopic (exact) mass is 293 g/mol. The van der Waals surface area contributed by atoms with Crippen LogP contribution in [-0.2, 0) is 0 Å². The van der Waals surface area contributed by atoms with Crippen molar-refractivity contribution in [2.45, 2.75) is 0 Å². The van der Waals surface area contributed by atoms with E-state index >= 15 is 0 Å². The summed E-state index contributed by atoms with van der Waals surface area (Å²) in [6.45, 7) is 0.513. The second-order valence-corrected chi connectivity index (χ2v) is 5.07. The normalized spacial score (nSPS) is 10.7. The fourth-order valence-electron chi connectivity index (χ4n) is 0.829. The Balaban J connectivity index is 2.39. The number of alkyl halides is 1. The topological polar surface area (TPSA) is 29.1 Å². The third kappa shape index (κ3) is 3.82. The number of halogens is 2. The Kier molecular flexibility index (Phi) is 5.22. The van der Waals surface area contributed by atoms with Gasteiger partial charge in [0.2, 0.25) is 0 Å². The molecule has 0 aliphatic rings. The molecule has 1 aromatic rings. The van der Waals surface area contributed by atoms with Gasteiger partial charge in [0.15, 0.2) is 0 Å². The Hall–Kier alpha value is -0.320. The Labute approximate surface area is 100 Å². The lowest BCUT2D eigenvalue weighted by Gasteiger charge is -1.98. The summed E-state index contributed by atoms with van der Waals surface area (Å²) < 4.78 is 0.957. The molecular formula is C9H9BrClNOS. The molecule has 1 heterocycles. The van der Waals surface area contributed by atoms with E-state index in [0.29, 0.717) is 18.0 Å². The number of rotatable bonds is 4. The zero-order valence-electron chi connectivity index (χ0n) is 7.30. The fourth-order valence-corrected chi connectivity index (χ4v) is 2.09. The molecule has 76 valence electrons. The highest BCUT2D eigenvalue weighted by Crippen LogP contribution is 2.20. The molecule has 14 heavy (non-hydrogen) atoms. The van der Waals surface area contributed by atoms with Crippen molar-refractivity contribution >= 4 is 44.8 Å². The van der Waals surface area contributed by atoms with Gasteiger partial charge in [-0.3, -0.25) is 4.79 Å². The quantitative estimate of drug-likeness (QED) is 0.671. The number of hydrogen-bond acceptors (Lipinski definition) is 2. The minimum absolute atomic E-state index is 0.0637. The summed E-state index contributed by atoms with van der Waals surface area (Å²) >= 11 is 10.2. The van der Waals surface area contributed by atoms with E-state index in [2.05, 4.69) is 21.2 Å². The van der Waals surface area contributed by atoms with Crippen LogP contribution in [0, 0.1) is 0 Å². The van der Waals surface area contributed by atoms with Gasteiger partial charge in [-0.25, -0.2) is 0 Å². The Morgan fingerprint density at radius 2 is 2.43 bits per heavy atom. The van der Waals surface area contributed by atoms with E-state index in [0.717, 1.165) is 3.79 Å². The van der Waals surface area contributed by atoms with Gasteiger partial charge in [0.25, 0.3) is 5.91 Å². The van der Waals surface area contributed by atoms with Crippen LogP contribution in [0.2, 0.25) is 0 Å². The second-order valence-electron chi connectivity index (χ2n) is 2.48. The standard InChI is InChI=1S/C9H9BrClNOS/c10-8-5-7(6-14-8)9(13)12-4-2-1-3-11/h1-2,5-6H,3-4H2,(H,12,13)/b2-1+. The van der Waals surface area contributed by atoms with Crippen LogP contribution in [0.5, 0.6) is 0 Å². The fraction of sp³-hybridized carbons (Fsp3) is 0.222. The molecule has 1 amide bonds. The summed E-state index contributed by atoms with van der Waals surface area (Å²) in [5.41, 5.74) is 0.682. The predicted molar refractivity (Wildman–Crippen MR) is 64.2 cm³/mol. The van der Waals surface area contributed by atoms with Crippen molar-refractivity contribution in [1.82, 2.24) is 5.32 Å². The molecule has 1 aromatic heterocycles. The molecule has 1 rings (SSSR count). The van der Waals surface area contributed by atoms with Crippen molar-refractivity contribution in [3.63, 3.8) is 0 Å². The van der Waals surface area contributed by atoms with E-state index in [1.807, 2.05) is 11.5 Å². The maximum atomic E-state index is 11.4. The number of allylic oxidation sites excluding steroid dienone is 1. The molecule has 1 N–H and O–H groups in total. The summed E-state index contributed by atoms with van der Waals surface area (Å²) in [7, 11) is 0. The molecular weight excluding hydrogens is 286 g/mol. The molecule has 0 spiro atoms. The van der Waals surface area contributed by atoms with Gasteiger partial charge in [-0.1, -0.05) is 12.2 Å². The van der Waals surface area contributed by atoms with Crippen LogP contribution in [0.25, 0.3) is 0 Å². The zero-order valence-corrected chi connectivity index (χ0v) is 10.5. The van der Waals surface area contributed by atoms with Crippen LogP contribution in [0.15, 0.2) is 27.4 Å². The molecule has 0 aromatic carbocycles. The van der Waals surface area contributed by atoms with Crippen molar-refractivity contribution < 1.29 is 4.79 Å². The molecule has 0 bridgehead atoms. The molecule has 0 unspecified atom stereocenters. The number of thiophene rings is 1. The Morgan fingerprint density at radius 3 is 3.00 bits per heavy atom. The minimum Gasteiger partial charge on any atom is -0.349 e. The third-order valence-electron chi connectivity index (χ3n) is 1.47. The van der Waals surface area contributed by atoms with E-state index in [4.69, 9.17) is 11.6 Å². The molecule has 0 radical (unpaired) electrons. The van der Waals surface area contributed by atoms with Crippen LogP contribution >= 0.6 is 38.9 Å². The van der Waals surface area contributed by atoms with Crippen molar-refractivity contribution in [3.8, 4) is 0 Å². The first-order valence-electron chi connectivity index (χ1n) is 3.97. The number of hydrogen-bond donors (Lipinski definition) is 1. The van der Waals surface area contributed by atoms with Gasteiger partial charge in [0.05, 0.1) is 9.35 Å². The molecule has 0 saturated heterocycles. The molecule has 2 nitrogen and oxygen atoms in total. The van der Waals surface area contributed by atoms with Crippen LogP contribution in [0.3, 0.4) is 0 Å². The van der Waals surface area contributed by atoms with Crippen molar-refractivity contribution in [1.29, 1.82) is 0 Å². The molecule has 0 atom stereocenters. The smallest absolute Gasteiger partial charge is 0.252 e. The van der Waals surface area contributed by atoms with Crippen LogP contribution in [-0.4, -0.2) is 18.3 Å².